The van der Waals surface area contributed by atoms with Crippen LogP contribution in [0, 0.1) is 5.82 Å². The highest BCUT2D eigenvalue weighted by atomic mass is 32.2. The number of methoxy groups -OCH3 is 1. The molecule has 0 aliphatic carbocycles. The first-order chi connectivity index (χ1) is 13.6. The number of para-hydroxylation sites is 1. The highest BCUT2D eigenvalue weighted by molar-refractivity contribution is 7.98. The summed E-state index contributed by atoms with van der Waals surface area (Å²) in [6.07, 6.45) is 0.809. The Labute approximate surface area is 165 Å². The summed E-state index contributed by atoms with van der Waals surface area (Å²) in [6.45, 7) is 2.58. The molecule has 0 saturated carbocycles. The molecule has 0 amide bonds. The van der Waals surface area contributed by atoms with Gasteiger partial charge < -0.3 is 4.74 Å². The minimum atomic E-state index is -0.315. The Morgan fingerprint density at radius 1 is 1.18 bits per heavy atom. The van der Waals surface area contributed by atoms with E-state index < -0.39 is 0 Å². The lowest BCUT2D eigenvalue weighted by atomic mass is 10.2. The normalized spacial score (nSPS) is 11.4. The molecule has 4 rings (SSSR count). The third kappa shape index (κ3) is 3.13. The number of hydrogen-bond acceptors (Lipinski definition) is 5. The minimum Gasteiger partial charge on any atom is -0.496 e. The number of ether oxygens (including phenoxy) is 1. The zero-order valence-corrected chi connectivity index (χ0v) is 16.4. The second-order valence-corrected chi connectivity index (χ2v) is 7.28. The molecule has 0 N–H and O–H groups in total. The SMILES string of the molecule is CCCn1c(=O)c2ccccc2n2c(SCc3cc(F)ccc3OC)nnc12. The molecule has 0 radical (unpaired) electrons. The molecule has 6 nitrogen and oxygen atoms in total. The van der Waals surface area contributed by atoms with E-state index in [2.05, 4.69) is 10.2 Å². The van der Waals surface area contributed by atoms with Gasteiger partial charge in [0.25, 0.3) is 5.56 Å². The molecule has 0 aliphatic rings. The molecule has 28 heavy (non-hydrogen) atoms. The predicted octanol–water partition coefficient (Wildman–Crippen LogP) is 3.89. The minimum absolute atomic E-state index is 0.0688. The molecule has 2 heterocycles. The van der Waals surface area contributed by atoms with Crippen molar-refractivity contribution >= 4 is 28.4 Å². The maximum absolute atomic E-state index is 13.7. The molecule has 0 unspecified atom stereocenters. The Balaban J connectivity index is 1.83. The summed E-state index contributed by atoms with van der Waals surface area (Å²) in [6, 6.07) is 11.9. The van der Waals surface area contributed by atoms with Gasteiger partial charge >= 0.3 is 0 Å². The number of hydrogen-bond donors (Lipinski definition) is 0. The van der Waals surface area contributed by atoms with Crippen LogP contribution in [0.2, 0.25) is 0 Å². The molecule has 2 aromatic carbocycles. The van der Waals surface area contributed by atoms with Crippen molar-refractivity contribution < 1.29 is 9.13 Å². The van der Waals surface area contributed by atoms with Crippen molar-refractivity contribution in [3.05, 3.63) is 64.2 Å². The maximum Gasteiger partial charge on any atom is 0.262 e. The third-order valence-electron chi connectivity index (χ3n) is 4.52. The van der Waals surface area contributed by atoms with Crippen LogP contribution in [0.15, 0.2) is 52.4 Å². The summed E-state index contributed by atoms with van der Waals surface area (Å²) < 4.78 is 22.5. The smallest absolute Gasteiger partial charge is 0.262 e. The molecule has 0 bridgehead atoms. The highest BCUT2D eigenvalue weighted by Crippen LogP contribution is 2.29. The first-order valence-corrected chi connectivity index (χ1v) is 9.94. The fourth-order valence-electron chi connectivity index (χ4n) is 3.25. The van der Waals surface area contributed by atoms with Crippen molar-refractivity contribution in [3.8, 4) is 5.75 Å². The predicted molar refractivity (Wildman–Crippen MR) is 108 cm³/mol. The molecule has 0 saturated heterocycles. The summed E-state index contributed by atoms with van der Waals surface area (Å²) in [7, 11) is 1.56. The van der Waals surface area contributed by atoms with E-state index in [0.29, 0.717) is 34.4 Å². The van der Waals surface area contributed by atoms with Gasteiger partial charge in [-0.25, -0.2) is 4.39 Å². The first-order valence-electron chi connectivity index (χ1n) is 8.96. The Hall–Kier alpha value is -2.87. The van der Waals surface area contributed by atoms with Gasteiger partial charge in [-0.05, 0) is 36.8 Å². The van der Waals surface area contributed by atoms with E-state index in [1.165, 1.54) is 23.9 Å². The summed E-state index contributed by atoms with van der Waals surface area (Å²) >= 11 is 1.42. The Morgan fingerprint density at radius 3 is 2.79 bits per heavy atom. The van der Waals surface area contributed by atoms with Gasteiger partial charge in [-0.3, -0.25) is 13.8 Å². The molecule has 8 heteroatoms. The van der Waals surface area contributed by atoms with Gasteiger partial charge in [0.1, 0.15) is 11.6 Å². The van der Waals surface area contributed by atoms with Crippen molar-refractivity contribution in [2.24, 2.45) is 0 Å². The number of aromatic nitrogens is 4. The van der Waals surface area contributed by atoms with Crippen LogP contribution in [-0.4, -0.2) is 26.3 Å². The lowest BCUT2D eigenvalue weighted by molar-refractivity contribution is 0.410. The second-order valence-electron chi connectivity index (χ2n) is 6.34. The zero-order valence-electron chi connectivity index (χ0n) is 15.6. The Morgan fingerprint density at radius 2 is 2.00 bits per heavy atom. The van der Waals surface area contributed by atoms with Crippen LogP contribution in [0.1, 0.15) is 18.9 Å². The zero-order chi connectivity index (χ0) is 19.7. The van der Waals surface area contributed by atoms with Crippen molar-refractivity contribution in [2.45, 2.75) is 30.8 Å². The van der Waals surface area contributed by atoms with Crippen LogP contribution in [0.4, 0.5) is 4.39 Å². The van der Waals surface area contributed by atoms with Gasteiger partial charge in [-0.2, -0.15) is 0 Å². The van der Waals surface area contributed by atoms with E-state index in [0.717, 1.165) is 17.5 Å². The van der Waals surface area contributed by atoms with E-state index in [1.807, 2.05) is 35.6 Å². The maximum atomic E-state index is 13.7. The van der Waals surface area contributed by atoms with E-state index in [4.69, 9.17) is 4.74 Å². The van der Waals surface area contributed by atoms with Crippen LogP contribution >= 0.6 is 11.8 Å². The summed E-state index contributed by atoms with van der Waals surface area (Å²) in [5.41, 5.74) is 1.42. The average Bonchev–Trinajstić information content (AvgIpc) is 3.13. The van der Waals surface area contributed by atoms with Crippen molar-refractivity contribution in [3.63, 3.8) is 0 Å². The van der Waals surface area contributed by atoms with Crippen LogP contribution in [0.5, 0.6) is 5.75 Å². The molecule has 0 aliphatic heterocycles. The van der Waals surface area contributed by atoms with E-state index in [9.17, 15) is 9.18 Å². The largest absolute Gasteiger partial charge is 0.496 e. The van der Waals surface area contributed by atoms with Gasteiger partial charge in [0.2, 0.25) is 5.78 Å². The summed E-state index contributed by atoms with van der Waals surface area (Å²) in [5, 5.41) is 9.83. The highest BCUT2D eigenvalue weighted by Gasteiger charge is 2.17. The number of rotatable bonds is 6. The molecule has 2 aromatic heterocycles. The van der Waals surface area contributed by atoms with E-state index in [1.54, 1.807) is 17.7 Å². The monoisotopic (exact) mass is 398 g/mol. The topological polar surface area (TPSA) is 61.4 Å². The fourth-order valence-corrected chi connectivity index (χ4v) is 4.17. The van der Waals surface area contributed by atoms with E-state index in [-0.39, 0.29) is 11.4 Å². The first kappa shape index (κ1) is 18.5. The standard InChI is InChI=1S/C20H19FN4O2S/c1-3-10-24-18(26)15-6-4-5-7-16(15)25-19(24)22-23-20(25)28-12-13-11-14(21)8-9-17(13)27-2/h4-9,11H,3,10,12H2,1-2H3. The number of benzene rings is 2. The molecule has 0 spiro atoms. The number of aryl methyl sites for hydroxylation is 1. The molecule has 0 atom stereocenters. The molecular weight excluding hydrogens is 379 g/mol. The van der Waals surface area contributed by atoms with E-state index >= 15 is 0 Å². The van der Waals surface area contributed by atoms with Crippen LogP contribution in [0.25, 0.3) is 16.7 Å². The second kappa shape index (κ2) is 7.63. The molecular formula is C20H19FN4O2S. The van der Waals surface area contributed by atoms with Gasteiger partial charge in [-0.15, -0.1) is 10.2 Å². The summed E-state index contributed by atoms with van der Waals surface area (Å²) in [5.74, 6) is 1.28. The Kier molecular flexibility index (Phi) is 5.04. The van der Waals surface area contributed by atoms with Gasteiger partial charge in [0.15, 0.2) is 5.16 Å². The lowest BCUT2D eigenvalue weighted by Crippen LogP contribution is -2.23. The number of thioether (sulfide) groups is 1. The van der Waals surface area contributed by atoms with Crippen LogP contribution in [-0.2, 0) is 12.3 Å². The quantitative estimate of drug-likeness (QED) is 0.461. The molecule has 4 aromatic rings. The molecule has 0 fully saturated rings. The van der Waals surface area contributed by atoms with Crippen molar-refractivity contribution in [1.82, 2.24) is 19.2 Å². The fraction of sp³-hybridized carbons (Fsp3) is 0.250. The van der Waals surface area contributed by atoms with Gasteiger partial charge in [-0.1, -0.05) is 30.8 Å². The number of fused-ring (bicyclic) bond motifs is 3. The van der Waals surface area contributed by atoms with Crippen molar-refractivity contribution in [2.75, 3.05) is 7.11 Å². The Bertz CT molecular complexity index is 1220. The molecule has 144 valence electrons. The third-order valence-corrected chi connectivity index (χ3v) is 5.50. The number of halogens is 1. The van der Waals surface area contributed by atoms with Crippen LogP contribution < -0.4 is 10.3 Å². The average molecular weight is 398 g/mol. The van der Waals surface area contributed by atoms with Crippen LogP contribution in [0.3, 0.4) is 0 Å². The lowest BCUT2D eigenvalue weighted by Gasteiger charge is -2.11. The van der Waals surface area contributed by atoms with Crippen molar-refractivity contribution in [1.29, 1.82) is 0 Å². The summed E-state index contributed by atoms with van der Waals surface area (Å²) in [4.78, 5) is 12.9. The number of nitrogens with zero attached hydrogens (tertiary/aromatic N) is 4. The van der Waals surface area contributed by atoms with Gasteiger partial charge in [0.05, 0.1) is 18.0 Å². The van der Waals surface area contributed by atoms with Gasteiger partial charge in [0, 0.05) is 17.9 Å².